The molecule has 0 aliphatic rings. The molecule has 0 unspecified atom stereocenters. The van der Waals surface area contributed by atoms with Gasteiger partial charge in [0, 0.05) is 24.7 Å². The summed E-state index contributed by atoms with van der Waals surface area (Å²) in [7, 11) is 0. The molecule has 3 rings (SSSR count). The molecule has 0 aliphatic heterocycles. The number of aromatic nitrogens is 1. The van der Waals surface area contributed by atoms with Crippen molar-refractivity contribution < 1.29 is 0 Å². The van der Waals surface area contributed by atoms with Gasteiger partial charge >= 0.3 is 0 Å². The van der Waals surface area contributed by atoms with E-state index in [-0.39, 0.29) is 5.56 Å². The van der Waals surface area contributed by atoms with Gasteiger partial charge in [-0.3, -0.25) is 9.20 Å². The van der Waals surface area contributed by atoms with Gasteiger partial charge in [0.05, 0.1) is 16.9 Å². The Kier molecular flexibility index (Phi) is 5.69. The van der Waals surface area contributed by atoms with Crippen molar-refractivity contribution in [1.82, 2.24) is 4.40 Å². The smallest absolute Gasteiger partial charge is 0.255 e. The van der Waals surface area contributed by atoms with Gasteiger partial charge in [0.2, 0.25) is 0 Å². The Balaban J connectivity index is 2.32. The van der Waals surface area contributed by atoms with E-state index in [0.717, 1.165) is 48.4 Å². The first-order valence-electron chi connectivity index (χ1n) is 9.95. The molecule has 3 nitrogen and oxygen atoms in total. The molecule has 2 aromatic heterocycles. The lowest BCUT2D eigenvalue weighted by Crippen LogP contribution is -2.27. The van der Waals surface area contributed by atoms with Crippen LogP contribution in [0.2, 0.25) is 0 Å². The standard InChI is InChI=1S/C24H30N2O/c1-6-13-25(14-7-2)20-11-12-23(27)26-21(20)9-8-10-22(26)24-18(4)15-17(3)16-19(24)5/h8-12,15-16H,6-7,13-14H2,1-5H3. The molecule has 0 aliphatic carbocycles. The fourth-order valence-corrected chi connectivity index (χ4v) is 4.20. The second-order valence-electron chi connectivity index (χ2n) is 7.45. The van der Waals surface area contributed by atoms with E-state index >= 15 is 0 Å². The summed E-state index contributed by atoms with van der Waals surface area (Å²) in [5.41, 5.74) is 7.94. The number of pyridine rings is 2. The van der Waals surface area contributed by atoms with Crippen LogP contribution in [0.3, 0.4) is 0 Å². The van der Waals surface area contributed by atoms with Crippen molar-refractivity contribution in [1.29, 1.82) is 0 Å². The molecular weight excluding hydrogens is 332 g/mol. The van der Waals surface area contributed by atoms with E-state index in [4.69, 9.17) is 0 Å². The number of aryl methyl sites for hydroxylation is 3. The van der Waals surface area contributed by atoms with E-state index in [2.05, 4.69) is 69.9 Å². The van der Waals surface area contributed by atoms with Crippen molar-refractivity contribution in [2.75, 3.05) is 18.0 Å². The first-order valence-corrected chi connectivity index (χ1v) is 9.95. The summed E-state index contributed by atoms with van der Waals surface area (Å²) in [6, 6.07) is 14.3. The van der Waals surface area contributed by atoms with E-state index in [9.17, 15) is 4.79 Å². The van der Waals surface area contributed by atoms with Crippen LogP contribution in [0.15, 0.2) is 47.3 Å². The number of hydrogen-bond acceptors (Lipinski definition) is 2. The first kappa shape index (κ1) is 19.2. The second kappa shape index (κ2) is 7.99. The van der Waals surface area contributed by atoms with Crippen molar-refractivity contribution in [3.63, 3.8) is 0 Å². The quantitative estimate of drug-likeness (QED) is 0.577. The predicted molar refractivity (Wildman–Crippen MR) is 116 cm³/mol. The van der Waals surface area contributed by atoms with Gasteiger partial charge in [-0.05, 0) is 62.9 Å². The summed E-state index contributed by atoms with van der Waals surface area (Å²) in [6.45, 7) is 12.8. The van der Waals surface area contributed by atoms with Gasteiger partial charge in [0.25, 0.3) is 5.56 Å². The lowest BCUT2D eigenvalue weighted by molar-refractivity contribution is 0.745. The van der Waals surface area contributed by atoms with E-state index in [1.165, 1.54) is 16.7 Å². The van der Waals surface area contributed by atoms with Crippen LogP contribution in [0.1, 0.15) is 43.4 Å². The van der Waals surface area contributed by atoms with Crippen molar-refractivity contribution in [3.8, 4) is 11.3 Å². The third-order valence-electron chi connectivity index (χ3n) is 5.12. The summed E-state index contributed by atoms with van der Waals surface area (Å²) >= 11 is 0. The number of anilines is 1. The van der Waals surface area contributed by atoms with Crippen LogP contribution in [0, 0.1) is 20.8 Å². The Labute approximate surface area is 162 Å². The predicted octanol–water partition coefficient (Wildman–Crippen LogP) is 5.52. The average Bonchev–Trinajstić information content (AvgIpc) is 2.61. The maximum absolute atomic E-state index is 12.9. The van der Waals surface area contributed by atoms with Gasteiger partial charge in [-0.2, -0.15) is 0 Å². The molecule has 0 atom stereocenters. The van der Waals surface area contributed by atoms with Crippen molar-refractivity contribution in [3.05, 3.63) is 69.5 Å². The highest BCUT2D eigenvalue weighted by atomic mass is 16.1. The lowest BCUT2D eigenvalue weighted by atomic mass is 9.96. The Bertz CT molecular complexity index is 988. The van der Waals surface area contributed by atoms with Crippen LogP contribution < -0.4 is 10.5 Å². The normalized spacial score (nSPS) is 11.1. The fraction of sp³-hybridized carbons (Fsp3) is 0.375. The number of nitrogens with zero attached hydrogens (tertiary/aromatic N) is 2. The Morgan fingerprint density at radius 2 is 1.52 bits per heavy atom. The van der Waals surface area contributed by atoms with Crippen molar-refractivity contribution in [2.45, 2.75) is 47.5 Å². The minimum absolute atomic E-state index is 0.0247. The Morgan fingerprint density at radius 3 is 2.11 bits per heavy atom. The van der Waals surface area contributed by atoms with Gasteiger partial charge in [-0.25, -0.2) is 0 Å². The summed E-state index contributed by atoms with van der Waals surface area (Å²) in [6.07, 6.45) is 2.17. The molecule has 0 N–H and O–H groups in total. The summed E-state index contributed by atoms with van der Waals surface area (Å²) in [5, 5.41) is 0. The maximum atomic E-state index is 12.9. The van der Waals surface area contributed by atoms with Gasteiger partial charge in [0.1, 0.15) is 0 Å². The van der Waals surface area contributed by atoms with E-state index in [0.29, 0.717) is 0 Å². The highest BCUT2D eigenvalue weighted by Crippen LogP contribution is 2.30. The van der Waals surface area contributed by atoms with Gasteiger partial charge in [-0.1, -0.05) is 37.6 Å². The Hall–Kier alpha value is -2.55. The number of benzene rings is 1. The number of hydrogen-bond donors (Lipinski definition) is 0. The van der Waals surface area contributed by atoms with Crippen molar-refractivity contribution in [2.24, 2.45) is 0 Å². The molecule has 0 saturated carbocycles. The molecule has 0 bridgehead atoms. The van der Waals surface area contributed by atoms with Crippen LogP contribution in [0.25, 0.3) is 16.8 Å². The molecule has 0 amide bonds. The zero-order valence-electron chi connectivity index (χ0n) is 17.2. The molecular formula is C24H30N2O. The molecule has 0 fully saturated rings. The second-order valence-corrected chi connectivity index (χ2v) is 7.45. The molecule has 2 heterocycles. The summed E-state index contributed by atoms with van der Waals surface area (Å²) in [4.78, 5) is 15.3. The van der Waals surface area contributed by atoms with Crippen LogP contribution in [-0.4, -0.2) is 17.5 Å². The largest absolute Gasteiger partial charge is 0.370 e. The minimum atomic E-state index is 0.0247. The zero-order chi connectivity index (χ0) is 19.6. The molecule has 27 heavy (non-hydrogen) atoms. The Morgan fingerprint density at radius 1 is 0.889 bits per heavy atom. The highest BCUT2D eigenvalue weighted by molar-refractivity contribution is 5.78. The summed E-state index contributed by atoms with van der Waals surface area (Å²) < 4.78 is 1.89. The van der Waals surface area contributed by atoms with E-state index < -0.39 is 0 Å². The maximum Gasteiger partial charge on any atom is 0.255 e. The average molecular weight is 363 g/mol. The lowest BCUT2D eigenvalue weighted by Gasteiger charge is -2.26. The van der Waals surface area contributed by atoms with Crippen LogP contribution >= 0.6 is 0 Å². The fourth-order valence-electron chi connectivity index (χ4n) is 4.20. The number of fused-ring (bicyclic) bond motifs is 1. The molecule has 0 spiro atoms. The molecule has 142 valence electrons. The minimum Gasteiger partial charge on any atom is -0.370 e. The molecule has 0 radical (unpaired) electrons. The first-order chi connectivity index (χ1) is 13.0. The molecule has 1 aromatic carbocycles. The van der Waals surface area contributed by atoms with E-state index in [1.54, 1.807) is 6.07 Å². The molecule has 0 saturated heterocycles. The number of rotatable bonds is 6. The van der Waals surface area contributed by atoms with Gasteiger partial charge in [0.15, 0.2) is 0 Å². The third kappa shape index (κ3) is 3.64. The zero-order valence-corrected chi connectivity index (χ0v) is 17.2. The van der Waals surface area contributed by atoms with Crippen molar-refractivity contribution >= 4 is 11.2 Å². The molecule has 3 aromatic rings. The van der Waals surface area contributed by atoms with Gasteiger partial charge in [-0.15, -0.1) is 0 Å². The SMILES string of the molecule is CCCN(CCC)c1ccc(=O)n2c(-c3c(C)cc(C)cc3C)cccc12. The van der Waals surface area contributed by atoms with Crippen LogP contribution in [0.4, 0.5) is 5.69 Å². The van der Waals surface area contributed by atoms with Crippen LogP contribution in [0.5, 0.6) is 0 Å². The van der Waals surface area contributed by atoms with E-state index in [1.807, 2.05) is 10.5 Å². The molecule has 3 heteroatoms. The van der Waals surface area contributed by atoms with Crippen LogP contribution in [-0.2, 0) is 0 Å². The summed E-state index contributed by atoms with van der Waals surface area (Å²) in [5.74, 6) is 0. The topological polar surface area (TPSA) is 24.7 Å². The highest BCUT2D eigenvalue weighted by Gasteiger charge is 2.15. The third-order valence-corrected chi connectivity index (χ3v) is 5.12. The monoisotopic (exact) mass is 362 g/mol. The van der Waals surface area contributed by atoms with Gasteiger partial charge < -0.3 is 4.90 Å².